The Hall–Kier alpha value is -1.06. The second-order valence-corrected chi connectivity index (χ2v) is 12.0. The van der Waals surface area contributed by atoms with Crippen molar-refractivity contribution < 1.29 is 19.8 Å². The molecule has 0 saturated heterocycles. The van der Waals surface area contributed by atoms with Crippen molar-refractivity contribution in [2.24, 2.45) is 10.8 Å². The summed E-state index contributed by atoms with van der Waals surface area (Å²) in [5.74, 6) is -1.14. The quantitative estimate of drug-likeness (QED) is 0.0998. The predicted octanol–water partition coefficient (Wildman–Crippen LogP) is 11.0. The van der Waals surface area contributed by atoms with E-state index in [9.17, 15) is 19.8 Å². The van der Waals surface area contributed by atoms with Gasteiger partial charge in [0.15, 0.2) is 0 Å². The summed E-state index contributed by atoms with van der Waals surface area (Å²) in [6.07, 6.45) is 26.0. The van der Waals surface area contributed by atoms with E-state index in [-0.39, 0.29) is 0 Å². The Morgan fingerprint density at radius 2 is 0.595 bits per heavy atom. The summed E-state index contributed by atoms with van der Waals surface area (Å²) >= 11 is 0. The average Bonchev–Trinajstić information content (AvgIpc) is 2.88. The molecule has 0 amide bonds. The molecule has 0 spiro atoms. The number of carboxylic acid groups (broad SMARTS) is 2. The summed E-state index contributed by atoms with van der Waals surface area (Å²) in [5.41, 5.74) is -1.03. The third-order valence-corrected chi connectivity index (χ3v) is 8.75. The maximum Gasteiger partial charge on any atom is 0.309 e. The van der Waals surface area contributed by atoms with Crippen LogP contribution in [0.4, 0.5) is 0 Å². The van der Waals surface area contributed by atoms with Gasteiger partial charge in [0.2, 0.25) is 0 Å². The lowest BCUT2D eigenvalue weighted by Crippen LogP contribution is -2.31. The standard InChI is InChI=1S/C33H64O4/c1-5-9-13-20-26-32(30(34)35,24-11-7-3)28-22-18-16-15-17-19-23-29-33(31(36)37,25-12-8-4)27-21-14-10-6-2/h5-29H2,1-4H3,(H,34,35)(H,36,37). The second kappa shape index (κ2) is 22.9. The van der Waals surface area contributed by atoms with Gasteiger partial charge in [-0.3, -0.25) is 9.59 Å². The molecule has 4 nitrogen and oxygen atoms in total. The first-order valence-electron chi connectivity index (χ1n) is 16.3. The van der Waals surface area contributed by atoms with Gasteiger partial charge < -0.3 is 10.2 Å². The van der Waals surface area contributed by atoms with Crippen LogP contribution in [0.3, 0.4) is 0 Å². The molecule has 4 heteroatoms. The molecular formula is C33H64O4. The van der Waals surface area contributed by atoms with E-state index in [0.717, 1.165) is 128 Å². The highest BCUT2D eigenvalue weighted by atomic mass is 16.4. The second-order valence-electron chi connectivity index (χ2n) is 12.0. The van der Waals surface area contributed by atoms with Crippen molar-refractivity contribution in [2.75, 3.05) is 0 Å². The molecule has 0 heterocycles. The van der Waals surface area contributed by atoms with Crippen molar-refractivity contribution >= 4 is 11.9 Å². The monoisotopic (exact) mass is 524 g/mol. The van der Waals surface area contributed by atoms with Gasteiger partial charge in [0, 0.05) is 0 Å². The number of rotatable bonds is 28. The first-order valence-corrected chi connectivity index (χ1v) is 16.3. The van der Waals surface area contributed by atoms with Crippen molar-refractivity contribution in [1.82, 2.24) is 0 Å². The molecule has 2 unspecified atom stereocenters. The molecule has 0 saturated carbocycles. The minimum absolute atomic E-state index is 0.514. The molecule has 0 radical (unpaired) electrons. The highest BCUT2D eigenvalue weighted by molar-refractivity contribution is 5.75. The van der Waals surface area contributed by atoms with Crippen LogP contribution in [0.15, 0.2) is 0 Å². The lowest BCUT2D eigenvalue weighted by atomic mass is 9.74. The largest absolute Gasteiger partial charge is 0.481 e. The van der Waals surface area contributed by atoms with Crippen molar-refractivity contribution in [3.8, 4) is 0 Å². The third-order valence-electron chi connectivity index (χ3n) is 8.75. The fourth-order valence-corrected chi connectivity index (χ4v) is 6.01. The Labute approximate surface area is 230 Å². The van der Waals surface area contributed by atoms with Gasteiger partial charge in [-0.05, 0) is 38.5 Å². The molecule has 0 rings (SSSR count). The molecule has 2 atom stereocenters. The van der Waals surface area contributed by atoms with Gasteiger partial charge >= 0.3 is 11.9 Å². The first-order chi connectivity index (χ1) is 17.8. The Bertz CT molecular complexity index is 513. The summed E-state index contributed by atoms with van der Waals surface area (Å²) < 4.78 is 0. The van der Waals surface area contributed by atoms with E-state index in [0.29, 0.717) is 0 Å². The SMILES string of the molecule is CCCCCCC(CCCC)(CCCCCCCCCC(CCCC)(CCCCCC)C(=O)O)C(=O)O. The van der Waals surface area contributed by atoms with Crippen LogP contribution in [0.1, 0.15) is 188 Å². The van der Waals surface area contributed by atoms with Gasteiger partial charge in [-0.1, -0.05) is 150 Å². The van der Waals surface area contributed by atoms with Gasteiger partial charge in [0.25, 0.3) is 0 Å². The molecular weight excluding hydrogens is 460 g/mol. The summed E-state index contributed by atoms with van der Waals surface area (Å²) in [6, 6.07) is 0. The molecule has 0 aliphatic rings. The van der Waals surface area contributed by atoms with Crippen LogP contribution >= 0.6 is 0 Å². The van der Waals surface area contributed by atoms with E-state index in [1.165, 1.54) is 32.1 Å². The Kier molecular flexibility index (Phi) is 22.2. The number of unbranched alkanes of at least 4 members (excludes halogenated alkanes) is 14. The first kappa shape index (κ1) is 35.9. The summed E-state index contributed by atoms with van der Waals surface area (Å²) in [6.45, 7) is 8.71. The summed E-state index contributed by atoms with van der Waals surface area (Å²) in [7, 11) is 0. The molecule has 37 heavy (non-hydrogen) atoms. The van der Waals surface area contributed by atoms with Gasteiger partial charge in [0.1, 0.15) is 0 Å². The third kappa shape index (κ3) is 15.8. The average molecular weight is 525 g/mol. The van der Waals surface area contributed by atoms with Crippen LogP contribution in [-0.4, -0.2) is 22.2 Å². The van der Waals surface area contributed by atoms with Crippen molar-refractivity contribution in [1.29, 1.82) is 0 Å². The molecule has 2 N–H and O–H groups in total. The number of carbonyl (C=O) groups is 2. The van der Waals surface area contributed by atoms with Crippen molar-refractivity contribution in [3.05, 3.63) is 0 Å². The lowest BCUT2D eigenvalue weighted by Gasteiger charge is -2.30. The maximum absolute atomic E-state index is 12.3. The normalized spacial score (nSPS) is 14.8. The number of hydrogen-bond donors (Lipinski definition) is 2. The van der Waals surface area contributed by atoms with Crippen LogP contribution in [0, 0.1) is 10.8 Å². The number of aliphatic carboxylic acids is 2. The molecule has 0 aliphatic heterocycles. The summed E-state index contributed by atoms with van der Waals surface area (Å²) in [4.78, 5) is 24.6. The van der Waals surface area contributed by atoms with Crippen molar-refractivity contribution in [2.45, 2.75) is 188 Å². The topological polar surface area (TPSA) is 74.6 Å². The Morgan fingerprint density at radius 3 is 0.838 bits per heavy atom. The highest BCUT2D eigenvalue weighted by Crippen LogP contribution is 2.39. The minimum atomic E-state index is -0.572. The molecule has 0 bridgehead atoms. The molecule has 0 aromatic heterocycles. The van der Waals surface area contributed by atoms with Crippen molar-refractivity contribution in [3.63, 3.8) is 0 Å². The lowest BCUT2D eigenvalue weighted by molar-refractivity contribution is -0.151. The van der Waals surface area contributed by atoms with Crippen LogP contribution in [0.5, 0.6) is 0 Å². The fraction of sp³-hybridized carbons (Fsp3) is 0.939. The van der Waals surface area contributed by atoms with E-state index in [1.54, 1.807) is 0 Å². The Morgan fingerprint density at radius 1 is 0.378 bits per heavy atom. The zero-order chi connectivity index (χ0) is 27.8. The molecule has 0 aromatic rings. The van der Waals surface area contributed by atoms with E-state index in [2.05, 4.69) is 27.7 Å². The van der Waals surface area contributed by atoms with E-state index in [4.69, 9.17) is 0 Å². The van der Waals surface area contributed by atoms with Gasteiger partial charge in [0.05, 0.1) is 10.8 Å². The Balaban J connectivity index is 4.47. The zero-order valence-electron chi connectivity index (χ0n) is 25.4. The number of hydrogen-bond acceptors (Lipinski definition) is 2. The van der Waals surface area contributed by atoms with Gasteiger partial charge in [-0.25, -0.2) is 0 Å². The number of carboxylic acids is 2. The molecule has 0 aliphatic carbocycles. The highest BCUT2D eigenvalue weighted by Gasteiger charge is 2.37. The maximum atomic E-state index is 12.3. The molecule has 0 aromatic carbocycles. The van der Waals surface area contributed by atoms with Crippen LogP contribution in [-0.2, 0) is 9.59 Å². The van der Waals surface area contributed by atoms with Crippen LogP contribution in [0.2, 0.25) is 0 Å². The smallest absolute Gasteiger partial charge is 0.309 e. The van der Waals surface area contributed by atoms with Gasteiger partial charge in [-0.15, -0.1) is 0 Å². The van der Waals surface area contributed by atoms with E-state index < -0.39 is 22.8 Å². The van der Waals surface area contributed by atoms with E-state index >= 15 is 0 Å². The van der Waals surface area contributed by atoms with E-state index in [1.807, 2.05) is 0 Å². The minimum Gasteiger partial charge on any atom is -0.481 e. The predicted molar refractivity (Wildman–Crippen MR) is 158 cm³/mol. The van der Waals surface area contributed by atoms with Crippen LogP contribution < -0.4 is 0 Å². The fourth-order valence-electron chi connectivity index (χ4n) is 6.01. The molecule has 220 valence electrons. The van der Waals surface area contributed by atoms with Gasteiger partial charge in [-0.2, -0.15) is 0 Å². The summed E-state index contributed by atoms with van der Waals surface area (Å²) in [5, 5.41) is 20.2. The van der Waals surface area contributed by atoms with Crippen LogP contribution in [0.25, 0.3) is 0 Å². The molecule has 0 fully saturated rings. The zero-order valence-corrected chi connectivity index (χ0v) is 25.4.